The lowest BCUT2D eigenvalue weighted by Crippen LogP contribution is -2.37. The van der Waals surface area contributed by atoms with Gasteiger partial charge in [-0.25, -0.2) is 4.79 Å². The summed E-state index contributed by atoms with van der Waals surface area (Å²) in [5.74, 6) is -1.69. The molecule has 0 aliphatic heterocycles. The lowest BCUT2D eigenvalue weighted by atomic mass is 10.2. The number of hydrogen-bond acceptors (Lipinski definition) is 7. The Balaban J connectivity index is 1.84. The van der Waals surface area contributed by atoms with Gasteiger partial charge in [-0.15, -0.1) is 0 Å². The van der Waals surface area contributed by atoms with Crippen LogP contribution in [0.5, 0.6) is 0 Å². The number of anilines is 2. The van der Waals surface area contributed by atoms with Crippen molar-refractivity contribution >= 4 is 51.6 Å². The molecule has 1 heterocycles. The first kappa shape index (κ1) is 19.7. The number of esters is 1. The van der Waals surface area contributed by atoms with Crippen LogP contribution in [0.1, 0.15) is 16.1 Å². The maximum atomic E-state index is 12.0. The molecule has 0 saturated carbocycles. The van der Waals surface area contributed by atoms with Gasteiger partial charge in [-0.2, -0.15) is 4.37 Å². The van der Waals surface area contributed by atoms with Crippen molar-refractivity contribution in [1.29, 1.82) is 0 Å². The van der Waals surface area contributed by atoms with Crippen molar-refractivity contribution in [1.82, 2.24) is 9.27 Å². The van der Waals surface area contributed by atoms with Crippen LogP contribution in [0.4, 0.5) is 10.7 Å². The van der Waals surface area contributed by atoms with Crippen LogP contribution in [0.15, 0.2) is 24.3 Å². The molecule has 2 aromatic rings. The van der Waals surface area contributed by atoms with E-state index in [-0.39, 0.29) is 17.1 Å². The Morgan fingerprint density at radius 3 is 2.65 bits per heavy atom. The average Bonchev–Trinajstić information content (AvgIpc) is 2.93. The topological polar surface area (TPSA) is 115 Å². The molecule has 2 amide bonds. The van der Waals surface area contributed by atoms with Gasteiger partial charge in [-0.1, -0.05) is 23.7 Å². The third kappa shape index (κ3) is 4.93. The zero-order valence-electron chi connectivity index (χ0n) is 14.1. The predicted molar refractivity (Wildman–Crippen MR) is 99.3 cm³/mol. The number of benzene rings is 1. The van der Waals surface area contributed by atoms with Crippen LogP contribution in [0.3, 0.4) is 0 Å². The van der Waals surface area contributed by atoms with Gasteiger partial charge in [0.2, 0.25) is 5.91 Å². The van der Waals surface area contributed by atoms with E-state index in [0.717, 1.165) is 16.4 Å². The molecule has 0 unspecified atom stereocenters. The number of ether oxygens (including phenoxy) is 1. The Bertz CT molecular complexity index is 820. The van der Waals surface area contributed by atoms with E-state index >= 15 is 0 Å². The summed E-state index contributed by atoms with van der Waals surface area (Å²) in [4.78, 5) is 37.2. The van der Waals surface area contributed by atoms with Crippen LogP contribution in [0, 0.1) is 6.92 Å². The Hall–Kier alpha value is -2.65. The summed E-state index contributed by atoms with van der Waals surface area (Å²) < 4.78 is 8.90. The number of halogens is 1. The standard InChI is InChI=1S/C16H17ClN4O4S/c1-9-14(15(18)26-20-9)16(24)25-8-13(23)21(2)7-12(22)19-11-6-4-3-5-10(11)17/h3-6H,7-8,18H2,1-2H3,(H,19,22). The largest absolute Gasteiger partial charge is 0.452 e. The van der Waals surface area contributed by atoms with Crippen molar-refractivity contribution in [3.63, 3.8) is 0 Å². The average molecular weight is 397 g/mol. The fourth-order valence-electron chi connectivity index (χ4n) is 2.00. The molecule has 1 aromatic heterocycles. The Kier molecular flexibility index (Phi) is 6.53. The van der Waals surface area contributed by atoms with Gasteiger partial charge in [-0.3, -0.25) is 9.59 Å². The number of amides is 2. The van der Waals surface area contributed by atoms with Crippen LogP contribution < -0.4 is 11.1 Å². The molecule has 0 saturated heterocycles. The minimum Gasteiger partial charge on any atom is -0.452 e. The number of nitrogens with two attached hydrogens (primary N) is 1. The molecule has 3 N–H and O–H groups in total. The van der Waals surface area contributed by atoms with Crippen LogP contribution in [-0.2, 0) is 14.3 Å². The summed E-state index contributed by atoms with van der Waals surface area (Å²) in [7, 11) is 1.42. The summed E-state index contributed by atoms with van der Waals surface area (Å²) in [5.41, 5.74) is 6.70. The van der Waals surface area contributed by atoms with Gasteiger partial charge in [0.05, 0.1) is 22.9 Å². The molecule has 8 nitrogen and oxygen atoms in total. The first-order valence-corrected chi connectivity index (χ1v) is 8.62. The van der Waals surface area contributed by atoms with Gasteiger partial charge >= 0.3 is 5.97 Å². The third-order valence-corrected chi connectivity index (χ3v) is 4.47. The summed E-state index contributed by atoms with van der Waals surface area (Å²) in [6, 6.07) is 6.74. The Morgan fingerprint density at radius 2 is 2.04 bits per heavy atom. The third-order valence-electron chi connectivity index (χ3n) is 3.37. The summed E-state index contributed by atoms with van der Waals surface area (Å²) in [6.45, 7) is 0.892. The summed E-state index contributed by atoms with van der Waals surface area (Å²) >= 11 is 6.94. The number of nitrogen functional groups attached to an aromatic ring is 1. The van der Waals surface area contributed by atoms with Gasteiger partial charge in [0, 0.05) is 7.05 Å². The highest BCUT2D eigenvalue weighted by Gasteiger charge is 2.21. The number of hydrogen-bond donors (Lipinski definition) is 2. The highest BCUT2D eigenvalue weighted by atomic mass is 35.5. The maximum absolute atomic E-state index is 12.0. The minimum absolute atomic E-state index is 0.155. The van der Waals surface area contributed by atoms with Crippen molar-refractivity contribution < 1.29 is 19.1 Å². The number of aromatic nitrogens is 1. The van der Waals surface area contributed by atoms with Crippen molar-refractivity contribution in [3.8, 4) is 0 Å². The van der Waals surface area contributed by atoms with E-state index in [0.29, 0.717) is 16.4 Å². The summed E-state index contributed by atoms with van der Waals surface area (Å²) in [5, 5.41) is 3.22. The molecule has 138 valence electrons. The van der Waals surface area contributed by atoms with Crippen LogP contribution in [-0.4, -0.2) is 47.3 Å². The number of nitrogens with zero attached hydrogens (tertiary/aromatic N) is 2. The molecule has 1 aromatic carbocycles. The SMILES string of the molecule is Cc1nsc(N)c1C(=O)OCC(=O)N(C)CC(=O)Nc1ccccc1Cl. The molecular weight excluding hydrogens is 380 g/mol. The van der Waals surface area contributed by atoms with Crippen LogP contribution in [0.25, 0.3) is 0 Å². The highest BCUT2D eigenvalue weighted by molar-refractivity contribution is 7.10. The van der Waals surface area contributed by atoms with Crippen molar-refractivity contribution in [2.75, 3.05) is 31.2 Å². The number of nitrogens with one attached hydrogen (secondary N) is 1. The highest BCUT2D eigenvalue weighted by Crippen LogP contribution is 2.22. The second-order valence-corrected chi connectivity index (χ2v) is 6.57. The van der Waals surface area contributed by atoms with E-state index in [2.05, 4.69) is 9.69 Å². The quantitative estimate of drug-likeness (QED) is 0.721. The number of carbonyl (C=O) groups is 3. The molecule has 0 radical (unpaired) electrons. The predicted octanol–water partition coefficient (Wildman–Crippen LogP) is 1.94. The Labute approximate surface area is 159 Å². The van der Waals surface area contributed by atoms with E-state index < -0.39 is 24.4 Å². The first-order chi connectivity index (χ1) is 12.3. The number of aryl methyl sites for hydroxylation is 1. The normalized spacial score (nSPS) is 10.3. The molecule has 10 heteroatoms. The lowest BCUT2D eigenvalue weighted by molar-refractivity contribution is -0.136. The maximum Gasteiger partial charge on any atom is 0.343 e. The zero-order valence-corrected chi connectivity index (χ0v) is 15.7. The second-order valence-electron chi connectivity index (χ2n) is 5.36. The van der Waals surface area contributed by atoms with Crippen molar-refractivity contribution in [3.05, 3.63) is 40.5 Å². The number of carbonyl (C=O) groups excluding carboxylic acids is 3. The van der Waals surface area contributed by atoms with Gasteiger partial charge in [0.1, 0.15) is 10.6 Å². The molecule has 0 spiro atoms. The molecule has 26 heavy (non-hydrogen) atoms. The zero-order chi connectivity index (χ0) is 19.3. The molecule has 0 bridgehead atoms. The molecule has 0 aliphatic rings. The number of likely N-dealkylation sites (N-methyl/N-ethyl adjacent to an activating group) is 1. The smallest absolute Gasteiger partial charge is 0.343 e. The van der Waals surface area contributed by atoms with Gasteiger partial charge in [-0.05, 0) is 30.6 Å². The molecular formula is C16H17ClN4O4S. The van der Waals surface area contributed by atoms with E-state index in [9.17, 15) is 14.4 Å². The molecule has 0 fully saturated rings. The fraction of sp³-hybridized carbons (Fsp3) is 0.250. The first-order valence-electron chi connectivity index (χ1n) is 7.46. The van der Waals surface area contributed by atoms with Gasteiger partial charge in [0.15, 0.2) is 6.61 Å². The fourth-order valence-corrected chi connectivity index (χ4v) is 2.83. The minimum atomic E-state index is -0.726. The molecule has 0 aliphatic carbocycles. The number of para-hydroxylation sites is 1. The van der Waals surface area contributed by atoms with E-state index in [4.69, 9.17) is 22.1 Å². The van der Waals surface area contributed by atoms with E-state index in [1.165, 1.54) is 7.05 Å². The number of rotatable bonds is 6. The monoisotopic (exact) mass is 396 g/mol. The van der Waals surface area contributed by atoms with Gasteiger partial charge in [0.25, 0.3) is 5.91 Å². The Morgan fingerprint density at radius 1 is 1.35 bits per heavy atom. The van der Waals surface area contributed by atoms with Crippen LogP contribution >= 0.6 is 23.1 Å². The van der Waals surface area contributed by atoms with Crippen LogP contribution in [0.2, 0.25) is 5.02 Å². The van der Waals surface area contributed by atoms with Crippen molar-refractivity contribution in [2.24, 2.45) is 0 Å². The molecule has 0 atom stereocenters. The van der Waals surface area contributed by atoms with Gasteiger partial charge < -0.3 is 20.7 Å². The molecule has 2 rings (SSSR count). The lowest BCUT2D eigenvalue weighted by Gasteiger charge is -2.17. The summed E-state index contributed by atoms with van der Waals surface area (Å²) in [6.07, 6.45) is 0. The van der Waals surface area contributed by atoms with E-state index in [1.54, 1.807) is 31.2 Å². The van der Waals surface area contributed by atoms with Crippen molar-refractivity contribution in [2.45, 2.75) is 6.92 Å². The van der Waals surface area contributed by atoms with E-state index in [1.807, 2.05) is 0 Å². The second kappa shape index (κ2) is 8.63.